The number of rotatable bonds is 7. The van der Waals surface area contributed by atoms with Crippen LogP contribution in [0.15, 0.2) is 53.4 Å². The van der Waals surface area contributed by atoms with Crippen LogP contribution < -0.4 is 10.0 Å². The van der Waals surface area contributed by atoms with Gasteiger partial charge in [0.1, 0.15) is 0 Å². The zero-order valence-corrected chi connectivity index (χ0v) is 16.5. The van der Waals surface area contributed by atoms with Gasteiger partial charge in [-0.25, -0.2) is 13.1 Å². The molecular formula is C19H21F3N2O4S. The first-order valence-electron chi connectivity index (χ1n) is 8.66. The van der Waals surface area contributed by atoms with Gasteiger partial charge >= 0.3 is 6.18 Å². The summed E-state index contributed by atoms with van der Waals surface area (Å²) in [7, 11) is -3.96. The van der Waals surface area contributed by atoms with Crippen LogP contribution in [-0.2, 0) is 21.0 Å². The Morgan fingerprint density at radius 1 is 1.03 bits per heavy atom. The third-order valence-corrected chi connectivity index (χ3v) is 5.49. The summed E-state index contributed by atoms with van der Waals surface area (Å²) < 4.78 is 64.6. The molecular weight excluding hydrogens is 409 g/mol. The van der Waals surface area contributed by atoms with Crippen molar-refractivity contribution in [2.45, 2.75) is 31.0 Å². The quantitative estimate of drug-likeness (QED) is 0.628. The van der Waals surface area contributed by atoms with E-state index in [1.165, 1.54) is 24.3 Å². The molecule has 0 aliphatic carbocycles. The molecule has 0 aliphatic rings. The molecule has 0 saturated carbocycles. The molecule has 6 nitrogen and oxygen atoms in total. The van der Waals surface area contributed by atoms with Gasteiger partial charge in [0.25, 0.3) is 0 Å². The molecule has 1 unspecified atom stereocenters. The Morgan fingerprint density at radius 2 is 1.59 bits per heavy atom. The van der Waals surface area contributed by atoms with Crippen LogP contribution in [0.5, 0.6) is 0 Å². The lowest BCUT2D eigenvalue weighted by Gasteiger charge is -2.14. The number of halogens is 3. The monoisotopic (exact) mass is 430 g/mol. The second-order valence-corrected chi connectivity index (χ2v) is 8.42. The van der Waals surface area contributed by atoms with Gasteiger partial charge in [-0.05, 0) is 42.0 Å². The minimum atomic E-state index is -4.49. The fraction of sp³-hybridized carbons (Fsp3) is 0.316. The van der Waals surface area contributed by atoms with Crippen molar-refractivity contribution in [2.75, 3.05) is 11.9 Å². The molecule has 0 heterocycles. The van der Waals surface area contributed by atoms with Crippen LogP contribution in [0.3, 0.4) is 0 Å². The van der Waals surface area contributed by atoms with Crippen LogP contribution in [-0.4, -0.2) is 26.0 Å². The van der Waals surface area contributed by atoms with Gasteiger partial charge in [0.05, 0.1) is 16.6 Å². The van der Waals surface area contributed by atoms with Gasteiger partial charge in [-0.2, -0.15) is 13.2 Å². The summed E-state index contributed by atoms with van der Waals surface area (Å²) in [6, 6.07) is 9.27. The van der Waals surface area contributed by atoms with E-state index in [1.54, 1.807) is 13.8 Å². The average Bonchev–Trinajstić information content (AvgIpc) is 2.66. The van der Waals surface area contributed by atoms with Gasteiger partial charge in [-0.1, -0.05) is 26.0 Å². The number of nitrogens with one attached hydrogen (secondary N) is 2. The van der Waals surface area contributed by atoms with E-state index in [0.29, 0.717) is 5.69 Å². The zero-order valence-electron chi connectivity index (χ0n) is 15.7. The van der Waals surface area contributed by atoms with Gasteiger partial charge < -0.3 is 10.4 Å². The lowest BCUT2D eigenvalue weighted by molar-refractivity contribution is -0.137. The van der Waals surface area contributed by atoms with Crippen molar-refractivity contribution in [2.24, 2.45) is 5.92 Å². The molecule has 0 radical (unpaired) electrons. The Morgan fingerprint density at radius 3 is 2.07 bits per heavy atom. The third kappa shape index (κ3) is 6.28. The number of alkyl halides is 3. The van der Waals surface area contributed by atoms with Crippen LogP contribution in [0, 0.1) is 5.92 Å². The number of hydrogen-bond acceptors (Lipinski definition) is 4. The minimum Gasteiger partial charge on any atom is -0.387 e. The molecule has 0 bridgehead atoms. The molecule has 0 aliphatic heterocycles. The van der Waals surface area contributed by atoms with Gasteiger partial charge in [0, 0.05) is 18.2 Å². The maximum Gasteiger partial charge on any atom is 0.416 e. The first-order chi connectivity index (χ1) is 13.4. The van der Waals surface area contributed by atoms with Crippen molar-refractivity contribution in [3.63, 3.8) is 0 Å². The standard InChI is InChI=1S/C19H21F3N2O4S/c1-12(2)18(26)24-15-7-9-16(10-8-15)29(27,28)23-11-17(25)13-3-5-14(6-4-13)19(20,21)22/h3-10,12,17,23,25H,11H2,1-2H3,(H,24,26). The Labute approximate surface area is 166 Å². The fourth-order valence-electron chi connectivity index (χ4n) is 2.29. The van der Waals surface area contributed by atoms with E-state index in [4.69, 9.17) is 0 Å². The normalized spacial score (nSPS) is 13.3. The van der Waals surface area contributed by atoms with Crippen LogP contribution in [0.25, 0.3) is 0 Å². The van der Waals surface area contributed by atoms with Gasteiger partial charge in [-0.15, -0.1) is 0 Å². The van der Waals surface area contributed by atoms with Crippen LogP contribution in [0.1, 0.15) is 31.1 Å². The van der Waals surface area contributed by atoms with E-state index in [2.05, 4.69) is 10.0 Å². The highest BCUT2D eigenvalue weighted by molar-refractivity contribution is 7.89. The van der Waals surface area contributed by atoms with Crippen molar-refractivity contribution in [1.82, 2.24) is 4.72 Å². The number of carbonyl (C=O) groups excluding carboxylic acids is 1. The Bertz CT molecular complexity index is 941. The number of carbonyl (C=O) groups is 1. The number of aliphatic hydroxyl groups excluding tert-OH is 1. The van der Waals surface area contributed by atoms with Crippen molar-refractivity contribution < 1.29 is 31.5 Å². The van der Waals surface area contributed by atoms with Crippen molar-refractivity contribution >= 4 is 21.6 Å². The smallest absolute Gasteiger partial charge is 0.387 e. The summed E-state index contributed by atoms with van der Waals surface area (Å²) in [5.74, 6) is -0.440. The second-order valence-electron chi connectivity index (χ2n) is 6.66. The van der Waals surface area contributed by atoms with Gasteiger partial charge in [0.2, 0.25) is 15.9 Å². The maximum absolute atomic E-state index is 12.6. The summed E-state index contributed by atoms with van der Waals surface area (Å²) in [6.45, 7) is 3.03. The minimum absolute atomic E-state index is 0.0836. The van der Waals surface area contributed by atoms with Crippen LogP contribution in [0.2, 0.25) is 0 Å². The second kappa shape index (κ2) is 8.93. The van der Waals surface area contributed by atoms with Crippen molar-refractivity contribution in [3.05, 3.63) is 59.7 Å². The van der Waals surface area contributed by atoms with Crippen LogP contribution in [0.4, 0.5) is 18.9 Å². The van der Waals surface area contributed by atoms with E-state index in [1.807, 2.05) is 0 Å². The van der Waals surface area contributed by atoms with Crippen LogP contribution >= 0.6 is 0 Å². The zero-order chi connectivity index (χ0) is 21.8. The molecule has 158 valence electrons. The summed E-state index contributed by atoms with van der Waals surface area (Å²) in [6.07, 6.45) is -5.82. The molecule has 3 N–H and O–H groups in total. The molecule has 2 aromatic carbocycles. The number of anilines is 1. The number of sulfonamides is 1. The molecule has 29 heavy (non-hydrogen) atoms. The maximum atomic E-state index is 12.6. The molecule has 0 fully saturated rings. The summed E-state index contributed by atoms with van der Waals surface area (Å²) in [5, 5.41) is 12.7. The lowest BCUT2D eigenvalue weighted by atomic mass is 10.1. The average molecular weight is 430 g/mol. The first-order valence-corrected chi connectivity index (χ1v) is 10.1. The Hall–Kier alpha value is -2.43. The molecule has 2 rings (SSSR count). The van der Waals surface area contributed by atoms with E-state index in [0.717, 1.165) is 24.3 Å². The largest absolute Gasteiger partial charge is 0.416 e. The third-order valence-electron chi connectivity index (χ3n) is 4.05. The summed E-state index contributed by atoms with van der Waals surface area (Å²) in [5.41, 5.74) is -0.279. The number of benzene rings is 2. The Balaban J connectivity index is 2.01. The molecule has 1 amide bonds. The molecule has 0 saturated heterocycles. The molecule has 0 aromatic heterocycles. The predicted octanol–water partition coefficient (Wildman–Crippen LogP) is 3.31. The number of hydrogen-bond donors (Lipinski definition) is 3. The van der Waals surface area contributed by atoms with Gasteiger partial charge in [-0.3, -0.25) is 4.79 Å². The van der Waals surface area contributed by atoms with E-state index in [-0.39, 0.29) is 22.3 Å². The predicted molar refractivity (Wildman–Crippen MR) is 102 cm³/mol. The molecule has 1 atom stereocenters. The SMILES string of the molecule is CC(C)C(=O)Nc1ccc(S(=O)(=O)NCC(O)c2ccc(C(F)(F)F)cc2)cc1. The van der Waals surface area contributed by atoms with E-state index in [9.17, 15) is 31.5 Å². The van der Waals surface area contributed by atoms with Gasteiger partial charge in [0.15, 0.2) is 0 Å². The highest BCUT2D eigenvalue weighted by atomic mass is 32.2. The molecule has 0 spiro atoms. The van der Waals surface area contributed by atoms with Crippen molar-refractivity contribution in [3.8, 4) is 0 Å². The molecule has 2 aromatic rings. The first kappa shape index (κ1) is 22.9. The molecule has 10 heteroatoms. The number of amides is 1. The lowest BCUT2D eigenvalue weighted by Crippen LogP contribution is -2.28. The summed E-state index contributed by atoms with van der Waals surface area (Å²) >= 11 is 0. The van der Waals surface area contributed by atoms with Crippen molar-refractivity contribution in [1.29, 1.82) is 0 Å². The number of aliphatic hydroxyl groups is 1. The Kier molecular flexibility index (Phi) is 7.04. The summed E-state index contributed by atoms with van der Waals surface area (Å²) in [4.78, 5) is 11.6. The fourth-order valence-corrected chi connectivity index (χ4v) is 3.33. The van der Waals surface area contributed by atoms with E-state index >= 15 is 0 Å². The van der Waals surface area contributed by atoms with E-state index < -0.39 is 34.4 Å². The topological polar surface area (TPSA) is 95.5 Å². The highest BCUT2D eigenvalue weighted by Gasteiger charge is 2.30. The highest BCUT2D eigenvalue weighted by Crippen LogP contribution is 2.30.